The van der Waals surface area contributed by atoms with Gasteiger partial charge in [0.2, 0.25) is 0 Å². The Labute approximate surface area is 163 Å². The SMILES string of the molecule is N#Cc1ccc(C(=O)N2CC[C@@]3(N=C(N)c4c(F)ccc(F)c4N3)[C@H](F)C2)cn1. The van der Waals surface area contributed by atoms with Crippen molar-refractivity contribution in [1.29, 1.82) is 5.26 Å². The molecule has 0 saturated carbocycles. The molecule has 10 heteroatoms. The quantitative estimate of drug-likeness (QED) is 0.761. The first-order valence-corrected chi connectivity index (χ1v) is 8.76. The van der Waals surface area contributed by atoms with Crippen LogP contribution in [0.1, 0.15) is 28.0 Å². The molecular weight excluding hydrogens is 385 g/mol. The predicted molar refractivity (Wildman–Crippen MR) is 97.8 cm³/mol. The lowest BCUT2D eigenvalue weighted by atomic mass is 9.91. The van der Waals surface area contributed by atoms with Gasteiger partial charge < -0.3 is 16.0 Å². The third-order valence-corrected chi connectivity index (χ3v) is 5.10. The molecule has 0 unspecified atom stereocenters. The summed E-state index contributed by atoms with van der Waals surface area (Å²) in [5.74, 6) is -2.28. The molecule has 0 radical (unpaired) electrons. The number of carbonyl (C=O) groups excluding carboxylic acids is 1. The number of piperidine rings is 1. The maximum atomic E-state index is 15.2. The molecule has 1 fully saturated rings. The zero-order valence-electron chi connectivity index (χ0n) is 15.0. The number of nitriles is 1. The van der Waals surface area contributed by atoms with Crippen molar-refractivity contribution in [3.05, 3.63) is 58.9 Å². The van der Waals surface area contributed by atoms with Gasteiger partial charge in [0.25, 0.3) is 5.91 Å². The van der Waals surface area contributed by atoms with Gasteiger partial charge in [-0.05, 0) is 24.3 Å². The van der Waals surface area contributed by atoms with E-state index in [9.17, 15) is 13.6 Å². The van der Waals surface area contributed by atoms with E-state index < -0.39 is 29.4 Å². The summed E-state index contributed by atoms with van der Waals surface area (Å²) in [6, 6.07) is 6.54. The van der Waals surface area contributed by atoms with Gasteiger partial charge in [-0.1, -0.05) is 0 Å². The molecule has 29 heavy (non-hydrogen) atoms. The van der Waals surface area contributed by atoms with Gasteiger partial charge in [-0.3, -0.25) is 4.79 Å². The first-order chi connectivity index (χ1) is 13.8. The molecule has 1 saturated heterocycles. The van der Waals surface area contributed by atoms with Crippen LogP contribution in [0.25, 0.3) is 0 Å². The van der Waals surface area contributed by atoms with Crippen molar-refractivity contribution >= 4 is 17.4 Å². The molecular formula is C19H15F3N6O. The molecule has 1 amide bonds. The summed E-state index contributed by atoms with van der Waals surface area (Å²) in [7, 11) is 0. The second-order valence-electron chi connectivity index (χ2n) is 6.84. The Morgan fingerprint density at radius 1 is 1.31 bits per heavy atom. The van der Waals surface area contributed by atoms with Crippen LogP contribution in [-0.2, 0) is 0 Å². The maximum Gasteiger partial charge on any atom is 0.255 e. The zero-order valence-corrected chi connectivity index (χ0v) is 15.0. The minimum atomic E-state index is -1.72. The van der Waals surface area contributed by atoms with Crippen LogP contribution < -0.4 is 11.1 Å². The van der Waals surface area contributed by atoms with E-state index in [1.165, 1.54) is 23.2 Å². The fourth-order valence-electron chi connectivity index (χ4n) is 3.56. The van der Waals surface area contributed by atoms with Crippen molar-refractivity contribution in [2.45, 2.75) is 18.3 Å². The topological polar surface area (TPSA) is 107 Å². The van der Waals surface area contributed by atoms with E-state index in [0.29, 0.717) is 0 Å². The number of likely N-dealkylation sites (tertiary alicyclic amines) is 1. The summed E-state index contributed by atoms with van der Waals surface area (Å²) in [6.07, 6.45) is -0.470. The van der Waals surface area contributed by atoms with Crippen LogP contribution in [-0.4, -0.2) is 46.6 Å². The highest BCUT2D eigenvalue weighted by Gasteiger charge is 2.48. The van der Waals surface area contributed by atoms with E-state index in [1.807, 2.05) is 6.07 Å². The van der Waals surface area contributed by atoms with Crippen LogP contribution in [0.3, 0.4) is 0 Å². The first-order valence-electron chi connectivity index (χ1n) is 8.76. The fraction of sp³-hybridized carbons (Fsp3) is 0.263. The van der Waals surface area contributed by atoms with Gasteiger partial charge in [-0.2, -0.15) is 5.26 Å². The van der Waals surface area contributed by atoms with E-state index in [1.54, 1.807) is 0 Å². The summed E-state index contributed by atoms with van der Waals surface area (Å²) in [6.45, 7) is -0.218. The van der Waals surface area contributed by atoms with Gasteiger partial charge in [0.05, 0.1) is 23.4 Å². The van der Waals surface area contributed by atoms with Crippen molar-refractivity contribution in [2.24, 2.45) is 10.7 Å². The largest absolute Gasteiger partial charge is 0.383 e. The highest BCUT2D eigenvalue weighted by Crippen LogP contribution is 2.38. The number of amidine groups is 1. The van der Waals surface area contributed by atoms with Gasteiger partial charge in [-0.15, -0.1) is 0 Å². The number of nitrogens with one attached hydrogen (secondary N) is 1. The van der Waals surface area contributed by atoms with Gasteiger partial charge in [0, 0.05) is 19.2 Å². The molecule has 4 rings (SSSR count). The number of aliphatic imine (C=N–C) groups is 1. The average Bonchev–Trinajstić information content (AvgIpc) is 2.72. The minimum Gasteiger partial charge on any atom is -0.383 e. The number of halogens is 3. The molecule has 2 atom stereocenters. The van der Waals surface area contributed by atoms with Crippen molar-refractivity contribution in [3.63, 3.8) is 0 Å². The number of hydrogen-bond acceptors (Lipinski definition) is 6. The predicted octanol–water partition coefficient (Wildman–Crippen LogP) is 1.94. The number of hydrogen-bond donors (Lipinski definition) is 2. The minimum absolute atomic E-state index is 0.000290. The molecule has 3 N–H and O–H groups in total. The number of pyridine rings is 1. The first kappa shape index (κ1) is 18.7. The van der Waals surface area contributed by atoms with Crippen LogP contribution in [0.2, 0.25) is 0 Å². The molecule has 148 valence electrons. The van der Waals surface area contributed by atoms with E-state index in [-0.39, 0.29) is 47.9 Å². The highest BCUT2D eigenvalue weighted by atomic mass is 19.1. The Balaban J connectivity index is 1.58. The van der Waals surface area contributed by atoms with Gasteiger partial charge in [0.15, 0.2) is 11.8 Å². The molecule has 7 nitrogen and oxygen atoms in total. The molecule has 1 aromatic heterocycles. The lowest BCUT2D eigenvalue weighted by molar-refractivity contribution is 0.0493. The molecule has 1 spiro atoms. The lowest BCUT2D eigenvalue weighted by Gasteiger charge is -2.44. The van der Waals surface area contributed by atoms with E-state index >= 15 is 4.39 Å². The van der Waals surface area contributed by atoms with Gasteiger partial charge in [0.1, 0.15) is 29.2 Å². The van der Waals surface area contributed by atoms with E-state index in [2.05, 4.69) is 15.3 Å². The third-order valence-electron chi connectivity index (χ3n) is 5.10. The Bertz CT molecular complexity index is 1060. The van der Waals surface area contributed by atoms with E-state index in [4.69, 9.17) is 11.0 Å². The van der Waals surface area contributed by atoms with Crippen LogP contribution in [0.4, 0.5) is 18.9 Å². The number of alkyl halides is 1. The maximum absolute atomic E-state index is 15.2. The average molecular weight is 400 g/mol. The number of anilines is 1. The van der Waals surface area contributed by atoms with Crippen LogP contribution in [0.5, 0.6) is 0 Å². The monoisotopic (exact) mass is 400 g/mol. The number of carbonyl (C=O) groups is 1. The number of fused-ring (bicyclic) bond motifs is 1. The molecule has 2 aliphatic rings. The molecule has 0 aliphatic carbocycles. The van der Waals surface area contributed by atoms with Crippen molar-refractivity contribution < 1.29 is 18.0 Å². The summed E-state index contributed by atoms with van der Waals surface area (Å²) in [4.78, 5) is 21.8. The number of amides is 1. The second-order valence-corrected chi connectivity index (χ2v) is 6.84. The Kier molecular flexibility index (Phi) is 4.38. The Morgan fingerprint density at radius 2 is 2.07 bits per heavy atom. The molecule has 1 aromatic carbocycles. The molecule has 3 heterocycles. The van der Waals surface area contributed by atoms with Gasteiger partial charge >= 0.3 is 0 Å². The highest BCUT2D eigenvalue weighted by molar-refractivity contribution is 6.04. The smallest absolute Gasteiger partial charge is 0.255 e. The Morgan fingerprint density at radius 3 is 2.72 bits per heavy atom. The normalized spacial score (nSPS) is 23.0. The zero-order chi connectivity index (χ0) is 20.8. The fourth-order valence-corrected chi connectivity index (χ4v) is 3.56. The van der Waals surface area contributed by atoms with E-state index in [0.717, 1.165) is 12.1 Å². The molecule has 2 aliphatic heterocycles. The van der Waals surface area contributed by atoms with Crippen LogP contribution in [0.15, 0.2) is 35.5 Å². The molecule has 2 aromatic rings. The Hall–Kier alpha value is -3.61. The standard InChI is InChI=1S/C19H15F3N6O/c20-12-3-4-13(21)16-15(12)17(24)27-19(26-16)5-6-28(9-14(19)22)18(29)10-1-2-11(7-23)25-8-10/h1-4,8,14,26H,5-6,9H2,(H2,24,27)/t14-,19-/m1/s1. The van der Waals surface area contributed by atoms with Crippen LogP contribution >= 0.6 is 0 Å². The van der Waals surface area contributed by atoms with Crippen molar-refractivity contribution in [2.75, 3.05) is 18.4 Å². The van der Waals surface area contributed by atoms with Crippen molar-refractivity contribution in [1.82, 2.24) is 9.88 Å². The van der Waals surface area contributed by atoms with Crippen molar-refractivity contribution in [3.8, 4) is 6.07 Å². The summed E-state index contributed by atoms with van der Waals surface area (Å²) >= 11 is 0. The number of benzene rings is 1. The number of nitrogens with two attached hydrogens (primary N) is 1. The molecule has 0 bridgehead atoms. The number of aromatic nitrogens is 1. The van der Waals surface area contributed by atoms with Crippen LogP contribution in [0, 0.1) is 23.0 Å². The number of rotatable bonds is 1. The lowest BCUT2D eigenvalue weighted by Crippen LogP contribution is -2.60. The number of nitrogens with zero attached hydrogens (tertiary/aromatic N) is 4. The third kappa shape index (κ3) is 3.04. The summed E-state index contributed by atoms with van der Waals surface area (Å²) in [5, 5.41) is 11.5. The van der Waals surface area contributed by atoms with Gasteiger partial charge in [-0.25, -0.2) is 23.1 Å². The summed E-state index contributed by atoms with van der Waals surface area (Å²) < 4.78 is 43.4. The second kappa shape index (κ2) is 6.77. The summed E-state index contributed by atoms with van der Waals surface area (Å²) in [5.41, 5.74) is 4.13.